The molecule has 0 bridgehead atoms. The maximum atomic E-state index is 11.8. The summed E-state index contributed by atoms with van der Waals surface area (Å²) in [5.74, 6) is 0.106. The first kappa shape index (κ1) is 15.5. The van der Waals surface area contributed by atoms with E-state index in [1.807, 2.05) is 4.90 Å². The van der Waals surface area contributed by atoms with Crippen LogP contribution in [0, 0.1) is 0 Å². The monoisotopic (exact) mass is 270 g/mol. The van der Waals surface area contributed by atoms with Crippen LogP contribution in [0.25, 0.3) is 0 Å². The van der Waals surface area contributed by atoms with Crippen LogP contribution < -0.4 is 5.32 Å². The van der Waals surface area contributed by atoms with Crippen molar-refractivity contribution in [2.45, 2.75) is 25.3 Å². The highest BCUT2D eigenvalue weighted by molar-refractivity contribution is 5.76. The molecule has 1 fully saturated rings. The van der Waals surface area contributed by atoms with Gasteiger partial charge < -0.3 is 19.7 Å². The summed E-state index contributed by atoms with van der Waals surface area (Å²) in [6.07, 6.45) is 3.01. The molecule has 1 N–H and O–H groups in total. The molecule has 108 valence electrons. The van der Waals surface area contributed by atoms with Gasteiger partial charge in [-0.15, -0.1) is 0 Å². The average molecular weight is 270 g/mol. The topological polar surface area (TPSA) is 67.9 Å². The number of nitrogens with zero attached hydrogens (tertiary/aromatic N) is 1. The molecule has 0 radical (unpaired) electrons. The number of carbonyl (C=O) groups is 2. The molecular formula is C13H22N2O4. The van der Waals surface area contributed by atoms with Gasteiger partial charge in [0.15, 0.2) is 0 Å². The minimum Gasteiger partial charge on any atom is -0.445 e. The lowest BCUT2D eigenvalue weighted by Crippen LogP contribution is -2.46. The van der Waals surface area contributed by atoms with Crippen molar-refractivity contribution < 1.29 is 19.1 Å². The van der Waals surface area contributed by atoms with E-state index in [2.05, 4.69) is 11.9 Å². The molecule has 1 aliphatic rings. The van der Waals surface area contributed by atoms with E-state index in [4.69, 9.17) is 9.47 Å². The molecule has 0 aromatic rings. The Labute approximate surface area is 113 Å². The van der Waals surface area contributed by atoms with Gasteiger partial charge >= 0.3 is 6.09 Å². The van der Waals surface area contributed by atoms with Gasteiger partial charge in [-0.2, -0.15) is 0 Å². The van der Waals surface area contributed by atoms with E-state index >= 15 is 0 Å². The molecule has 19 heavy (non-hydrogen) atoms. The van der Waals surface area contributed by atoms with Crippen LogP contribution in [0.5, 0.6) is 0 Å². The molecule has 0 aromatic heterocycles. The van der Waals surface area contributed by atoms with Crippen LogP contribution in [0.3, 0.4) is 0 Å². The molecule has 1 saturated heterocycles. The van der Waals surface area contributed by atoms with Crippen LogP contribution in [-0.2, 0) is 14.3 Å². The van der Waals surface area contributed by atoms with Crippen molar-refractivity contribution in [3.05, 3.63) is 12.7 Å². The van der Waals surface area contributed by atoms with Crippen LogP contribution in [0.1, 0.15) is 19.3 Å². The molecule has 0 atom stereocenters. The molecule has 6 heteroatoms. The largest absolute Gasteiger partial charge is 0.445 e. The van der Waals surface area contributed by atoms with Crippen molar-refractivity contribution in [2.75, 3.05) is 33.4 Å². The van der Waals surface area contributed by atoms with E-state index in [0.29, 0.717) is 26.1 Å². The lowest BCUT2D eigenvalue weighted by Gasteiger charge is -2.32. The number of piperidine rings is 1. The second kappa shape index (κ2) is 8.53. The van der Waals surface area contributed by atoms with Crippen LogP contribution in [-0.4, -0.2) is 56.4 Å². The first-order valence-corrected chi connectivity index (χ1v) is 6.48. The average Bonchev–Trinajstić information content (AvgIpc) is 2.43. The Morgan fingerprint density at radius 2 is 2.11 bits per heavy atom. The maximum absolute atomic E-state index is 11.8. The number of ether oxygens (including phenoxy) is 2. The quantitative estimate of drug-likeness (QED) is 0.729. The summed E-state index contributed by atoms with van der Waals surface area (Å²) in [6.45, 7) is 5.46. The van der Waals surface area contributed by atoms with Gasteiger partial charge in [0, 0.05) is 26.2 Å². The molecule has 1 heterocycles. The van der Waals surface area contributed by atoms with Gasteiger partial charge in [0.25, 0.3) is 0 Å². The lowest BCUT2D eigenvalue weighted by atomic mass is 10.1. The molecule has 0 saturated carbocycles. The van der Waals surface area contributed by atoms with Gasteiger partial charge in [-0.3, -0.25) is 4.79 Å². The van der Waals surface area contributed by atoms with Crippen molar-refractivity contribution in [3.63, 3.8) is 0 Å². The van der Waals surface area contributed by atoms with Crippen LogP contribution in [0.4, 0.5) is 4.79 Å². The van der Waals surface area contributed by atoms with Gasteiger partial charge in [0.05, 0.1) is 13.0 Å². The molecule has 0 aliphatic carbocycles. The fourth-order valence-electron chi connectivity index (χ4n) is 1.96. The highest BCUT2D eigenvalue weighted by Crippen LogP contribution is 2.11. The molecule has 0 aromatic carbocycles. The van der Waals surface area contributed by atoms with E-state index in [1.54, 1.807) is 7.11 Å². The van der Waals surface area contributed by atoms with Gasteiger partial charge in [0.1, 0.15) is 6.61 Å². The summed E-state index contributed by atoms with van der Waals surface area (Å²) < 4.78 is 9.74. The minimum atomic E-state index is -0.427. The summed E-state index contributed by atoms with van der Waals surface area (Å²) in [5, 5.41) is 2.78. The second-order valence-electron chi connectivity index (χ2n) is 4.43. The number of alkyl carbamates (subject to hydrolysis) is 1. The fraction of sp³-hybridized carbons (Fsp3) is 0.692. The van der Waals surface area contributed by atoms with Gasteiger partial charge in [-0.1, -0.05) is 12.7 Å². The van der Waals surface area contributed by atoms with Crippen molar-refractivity contribution >= 4 is 12.0 Å². The van der Waals surface area contributed by atoms with Crippen LogP contribution in [0.2, 0.25) is 0 Å². The number of hydrogen-bond donors (Lipinski definition) is 1. The van der Waals surface area contributed by atoms with Crippen molar-refractivity contribution in [1.82, 2.24) is 10.2 Å². The number of methoxy groups -OCH3 is 1. The van der Waals surface area contributed by atoms with E-state index < -0.39 is 6.09 Å². The number of hydrogen-bond acceptors (Lipinski definition) is 4. The van der Waals surface area contributed by atoms with Crippen molar-refractivity contribution in [2.24, 2.45) is 0 Å². The van der Waals surface area contributed by atoms with Crippen molar-refractivity contribution in [3.8, 4) is 0 Å². The third-order valence-electron chi connectivity index (χ3n) is 3.02. The third-order valence-corrected chi connectivity index (χ3v) is 3.02. The predicted octanol–water partition coefficient (Wildman–Crippen LogP) is 0.926. The SMILES string of the molecule is C=CCOC(=O)NC1CCN(C(=O)CCOC)CC1. The number of nitrogens with one attached hydrogen (secondary N) is 1. The highest BCUT2D eigenvalue weighted by atomic mass is 16.5. The first-order chi connectivity index (χ1) is 9.17. The summed E-state index contributed by atoms with van der Waals surface area (Å²) in [7, 11) is 1.58. The Bertz CT molecular complexity index is 312. The molecule has 1 rings (SSSR count). The fourth-order valence-corrected chi connectivity index (χ4v) is 1.96. The van der Waals surface area contributed by atoms with Crippen molar-refractivity contribution in [1.29, 1.82) is 0 Å². The summed E-state index contributed by atoms with van der Waals surface area (Å²) in [6, 6.07) is 0.0730. The van der Waals surface area contributed by atoms with E-state index in [0.717, 1.165) is 12.8 Å². The number of carbonyl (C=O) groups excluding carboxylic acids is 2. The summed E-state index contributed by atoms with van der Waals surface area (Å²) in [5.41, 5.74) is 0. The van der Waals surface area contributed by atoms with E-state index in [1.165, 1.54) is 6.08 Å². The molecule has 0 unspecified atom stereocenters. The molecule has 6 nitrogen and oxygen atoms in total. The van der Waals surface area contributed by atoms with E-state index in [9.17, 15) is 9.59 Å². The summed E-state index contributed by atoms with van der Waals surface area (Å²) in [4.78, 5) is 24.9. The second-order valence-corrected chi connectivity index (χ2v) is 4.43. The van der Waals surface area contributed by atoms with E-state index in [-0.39, 0.29) is 18.6 Å². The minimum absolute atomic E-state index is 0.0730. The highest BCUT2D eigenvalue weighted by Gasteiger charge is 2.23. The Hall–Kier alpha value is -1.56. The summed E-state index contributed by atoms with van der Waals surface area (Å²) >= 11 is 0. The standard InChI is InChI=1S/C13H22N2O4/c1-3-9-19-13(17)14-11-4-7-15(8-5-11)12(16)6-10-18-2/h3,11H,1,4-10H2,2H3,(H,14,17). The van der Waals surface area contributed by atoms with Gasteiger partial charge in [-0.05, 0) is 12.8 Å². The molecule has 0 spiro atoms. The van der Waals surface area contributed by atoms with Crippen LogP contribution in [0.15, 0.2) is 12.7 Å². The first-order valence-electron chi connectivity index (χ1n) is 6.48. The Morgan fingerprint density at radius 3 is 2.68 bits per heavy atom. The molecule has 1 aliphatic heterocycles. The maximum Gasteiger partial charge on any atom is 0.407 e. The Morgan fingerprint density at radius 1 is 1.42 bits per heavy atom. The Kier molecular flexibility index (Phi) is 6.95. The normalized spacial score (nSPS) is 15.9. The van der Waals surface area contributed by atoms with Gasteiger partial charge in [-0.25, -0.2) is 4.79 Å². The smallest absolute Gasteiger partial charge is 0.407 e. The zero-order valence-corrected chi connectivity index (χ0v) is 11.4. The predicted molar refractivity (Wildman–Crippen MR) is 70.8 cm³/mol. The Balaban J connectivity index is 2.23. The zero-order valence-electron chi connectivity index (χ0n) is 11.4. The number of rotatable bonds is 6. The van der Waals surface area contributed by atoms with Gasteiger partial charge in [0.2, 0.25) is 5.91 Å². The molecule has 2 amide bonds. The van der Waals surface area contributed by atoms with Crippen LogP contribution >= 0.6 is 0 Å². The molecular weight excluding hydrogens is 248 g/mol. The number of likely N-dealkylation sites (tertiary alicyclic amines) is 1. The number of amides is 2. The third kappa shape index (κ3) is 5.74. The zero-order chi connectivity index (χ0) is 14.1. The lowest BCUT2D eigenvalue weighted by molar-refractivity contribution is -0.133.